The summed E-state index contributed by atoms with van der Waals surface area (Å²) < 4.78 is 5.24. The Morgan fingerprint density at radius 3 is 2.55 bits per heavy atom. The molecule has 0 bridgehead atoms. The van der Waals surface area contributed by atoms with Crippen LogP contribution in [0.2, 0.25) is 0 Å². The Kier molecular flexibility index (Phi) is 3.91. The zero-order chi connectivity index (χ0) is 15.4. The van der Waals surface area contributed by atoms with Crippen molar-refractivity contribution < 1.29 is 9.53 Å². The third-order valence-electron chi connectivity index (χ3n) is 3.02. The molecular formula is C16H14N4O2. The quantitative estimate of drug-likeness (QED) is 0.882. The molecule has 0 radical (unpaired) electrons. The maximum absolute atomic E-state index is 11.0. The molecule has 0 saturated carbocycles. The van der Waals surface area contributed by atoms with E-state index in [0.717, 1.165) is 22.5 Å². The number of nitrogens with one attached hydrogen (secondary N) is 1. The van der Waals surface area contributed by atoms with E-state index in [1.54, 1.807) is 0 Å². The summed E-state index contributed by atoms with van der Waals surface area (Å²) in [6.45, 7) is 1.99. The van der Waals surface area contributed by atoms with Crippen molar-refractivity contribution in [1.82, 2.24) is 5.43 Å². The highest BCUT2D eigenvalue weighted by atomic mass is 16.5. The molecule has 0 atom stereocenters. The average Bonchev–Trinajstić information content (AvgIpc) is 2.54. The van der Waals surface area contributed by atoms with E-state index in [4.69, 9.17) is 4.74 Å². The van der Waals surface area contributed by atoms with Gasteiger partial charge in [0.15, 0.2) is 6.61 Å². The normalized spacial score (nSPS) is 14.4. The number of amides is 1. The van der Waals surface area contributed by atoms with Crippen LogP contribution in [0.15, 0.2) is 63.9 Å². The SMILES string of the molecule is Cc1cccc(N=Nc2ccc(C3=NNC(=O)CO3)cc2)c1. The summed E-state index contributed by atoms with van der Waals surface area (Å²) in [7, 11) is 0. The minimum absolute atomic E-state index is 0.0202. The Morgan fingerprint density at radius 1 is 1.09 bits per heavy atom. The molecule has 0 aromatic heterocycles. The van der Waals surface area contributed by atoms with E-state index in [9.17, 15) is 4.79 Å². The Bertz CT molecular complexity index is 751. The summed E-state index contributed by atoms with van der Waals surface area (Å²) in [4.78, 5) is 11.0. The highest BCUT2D eigenvalue weighted by Gasteiger charge is 2.13. The van der Waals surface area contributed by atoms with Gasteiger partial charge in [0.05, 0.1) is 11.4 Å². The molecule has 2 aromatic carbocycles. The van der Waals surface area contributed by atoms with Crippen LogP contribution in [0.25, 0.3) is 0 Å². The number of ether oxygens (including phenoxy) is 1. The summed E-state index contributed by atoms with van der Waals surface area (Å²) in [5, 5.41) is 12.2. The van der Waals surface area contributed by atoms with Crippen LogP contribution in [0.5, 0.6) is 0 Å². The largest absolute Gasteiger partial charge is 0.466 e. The van der Waals surface area contributed by atoms with Crippen molar-refractivity contribution in [1.29, 1.82) is 0 Å². The van der Waals surface area contributed by atoms with Crippen molar-refractivity contribution in [3.63, 3.8) is 0 Å². The fraction of sp³-hybridized carbons (Fsp3) is 0.125. The van der Waals surface area contributed by atoms with Crippen LogP contribution >= 0.6 is 0 Å². The first-order chi connectivity index (χ1) is 10.7. The summed E-state index contributed by atoms with van der Waals surface area (Å²) >= 11 is 0. The first-order valence-electron chi connectivity index (χ1n) is 6.79. The average molecular weight is 294 g/mol. The minimum atomic E-state index is -0.257. The molecule has 3 rings (SSSR count). The molecule has 0 spiro atoms. The summed E-state index contributed by atoms with van der Waals surface area (Å²) in [5.74, 6) is 0.133. The van der Waals surface area contributed by atoms with E-state index in [2.05, 4.69) is 20.8 Å². The number of hydrogen-bond donors (Lipinski definition) is 1. The molecule has 0 fully saturated rings. The lowest BCUT2D eigenvalue weighted by atomic mass is 10.2. The smallest absolute Gasteiger partial charge is 0.278 e. The first kappa shape index (κ1) is 13.9. The van der Waals surface area contributed by atoms with E-state index in [0.29, 0.717) is 5.90 Å². The van der Waals surface area contributed by atoms with Gasteiger partial charge in [-0.05, 0) is 48.9 Å². The molecule has 6 heteroatoms. The predicted octanol–water partition coefficient (Wildman–Crippen LogP) is 3.22. The summed E-state index contributed by atoms with van der Waals surface area (Å²) in [5.41, 5.74) is 5.83. The van der Waals surface area contributed by atoms with Crippen LogP contribution in [0.1, 0.15) is 11.1 Å². The van der Waals surface area contributed by atoms with Gasteiger partial charge in [0.25, 0.3) is 5.91 Å². The number of carbonyl (C=O) groups is 1. The minimum Gasteiger partial charge on any atom is -0.466 e. The number of carbonyl (C=O) groups excluding carboxylic acids is 1. The second kappa shape index (κ2) is 6.17. The molecule has 1 heterocycles. The van der Waals surface area contributed by atoms with Gasteiger partial charge in [-0.25, -0.2) is 5.43 Å². The van der Waals surface area contributed by atoms with Crippen molar-refractivity contribution in [3.8, 4) is 0 Å². The van der Waals surface area contributed by atoms with Crippen molar-refractivity contribution in [3.05, 3.63) is 59.7 Å². The molecule has 0 aliphatic carbocycles. The van der Waals surface area contributed by atoms with Gasteiger partial charge >= 0.3 is 0 Å². The molecule has 1 aliphatic rings. The first-order valence-corrected chi connectivity index (χ1v) is 6.79. The lowest BCUT2D eigenvalue weighted by Crippen LogP contribution is -2.32. The number of hydrogen-bond acceptors (Lipinski definition) is 5. The fourth-order valence-electron chi connectivity index (χ4n) is 1.94. The van der Waals surface area contributed by atoms with Gasteiger partial charge in [-0.1, -0.05) is 12.1 Å². The van der Waals surface area contributed by atoms with Gasteiger partial charge in [-0.3, -0.25) is 4.79 Å². The monoisotopic (exact) mass is 294 g/mol. The summed E-state index contributed by atoms with van der Waals surface area (Å²) in [6.07, 6.45) is 0. The Balaban J connectivity index is 1.73. The number of benzene rings is 2. The van der Waals surface area contributed by atoms with Crippen LogP contribution < -0.4 is 5.43 Å². The van der Waals surface area contributed by atoms with E-state index in [-0.39, 0.29) is 12.5 Å². The van der Waals surface area contributed by atoms with Gasteiger partial charge in [0, 0.05) is 5.56 Å². The van der Waals surface area contributed by atoms with Crippen LogP contribution in [0.3, 0.4) is 0 Å². The third kappa shape index (κ3) is 3.35. The third-order valence-corrected chi connectivity index (χ3v) is 3.02. The topological polar surface area (TPSA) is 75.4 Å². The highest BCUT2D eigenvalue weighted by Crippen LogP contribution is 2.20. The van der Waals surface area contributed by atoms with E-state index >= 15 is 0 Å². The van der Waals surface area contributed by atoms with Crippen molar-refractivity contribution in [2.45, 2.75) is 6.92 Å². The Labute approximate surface area is 127 Å². The lowest BCUT2D eigenvalue weighted by molar-refractivity contribution is -0.124. The molecular weight excluding hydrogens is 280 g/mol. The van der Waals surface area contributed by atoms with E-state index < -0.39 is 0 Å². The van der Waals surface area contributed by atoms with Gasteiger partial charge in [0.2, 0.25) is 5.90 Å². The maximum Gasteiger partial charge on any atom is 0.278 e. The molecule has 0 unspecified atom stereocenters. The Morgan fingerprint density at radius 2 is 1.86 bits per heavy atom. The number of azo groups is 1. The molecule has 6 nitrogen and oxygen atoms in total. The van der Waals surface area contributed by atoms with Gasteiger partial charge in [0.1, 0.15) is 0 Å². The molecule has 110 valence electrons. The van der Waals surface area contributed by atoms with Crippen LogP contribution in [0, 0.1) is 6.92 Å². The fourth-order valence-corrected chi connectivity index (χ4v) is 1.94. The second-order valence-corrected chi connectivity index (χ2v) is 4.83. The number of nitrogens with zero attached hydrogens (tertiary/aromatic N) is 3. The highest BCUT2D eigenvalue weighted by molar-refractivity contribution is 5.98. The molecule has 1 amide bonds. The van der Waals surface area contributed by atoms with Crippen LogP contribution in [-0.4, -0.2) is 18.4 Å². The second-order valence-electron chi connectivity index (χ2n) is 4.83. The number of hydrazone groups is 1. The van der Waals surface area contributed by atoms with Gasteiger partial charge in [-0.2, -0.15) is 10.2 Å². The predicted molar refractivity (Wildman–Crippen MR) is 82.4 cm³/mol. The molecule has 1 aliphatic heterocycles. The van der Waals surface area contributed by atoms with E-state index in [1.807, 2.05) is 55.5 Å². The van der Waals surface area contributed by atoms with Crippen LogP contribution in [-0.2, 0) is 9.53 Å². The van der Waals surface area contributed by atoms with Gasteiger partial charge < -0.3 is 4.74 Å². The molecule has 2 aromatic rings. The zero-order valence-electron chi connectivity index (χ0n) is 12.0. The standard InChI is InChI=1S/C16H14N4O2/c1-11-3-2-4-14(9-11)18-17-13-7-5-12(6-8-13)16-20-19-15(21)10-22-16/h2-9H,10H2,1H3,(H,19,21). The lowest BCUT2D eigenvalue weighted by Gasteiger charge is -2.13. The molecule has 0 saturated heterocycles. The maximum atomic E-state index is 11.0. The summed E-state index contributed by atoms with van der Waals surface area (Å²) in [6, 6.07) is 15.1. The van der Waals surface area contributed by atoms with Crippen molar-refractivity contribution >= 4 is 23.2 Å². The molecule has 1 N–H and O–H groups in total. The van der Waals surface area contributed by atoms with Crippen molar-refractivity contribution in [2.24, 2.45) is 15.3 Å². The van der Waals surface area contributed by atoms with Crippen molar-refractivity contribution in [2.75, 3.05) is 6.61 Å². The zero-order valence-corrected chi connectivity index (χ0v) is 12.0. The number of aryl methyl sites for hydroxylation is 1. The van der Waals surface area contributed by atoms with Crippen LogP contribution in [0.4, 0.5) is 11.4 Å². The van der Waals surface area contributed by atoms with E-state index in [1.165, 1.54) is 0 Å². The Hall–Kier alpha value is -3.02. The number of rotatable bonds is 3. The molecule has 22 heavy (non-hydrogen) atoms. The van der Waals surface area contributed by atoms with Gasteiger partial charge in [-0.15, -0.1) is 5.10 Å².